The first kappa shape index (κ1) is 14.1. The zero-order chi connectivity index (χ0) is 14.5. The fraction of sp³-hybridized carbons (Fsp3) is 0.0667. The Morgan fingerprint density at radius 1 is 1.05 bits per heavy atom. The van der Waals surface area contributed by atoms with Crippen molar-refractivity contribution in [3.8, 4) is 0 Å². The quantitative estimate of drug-likeness (QED) is 0.795. The smallest absolute Gasteiger partial charge is 0.330 e. The van der Waals surface area contributed by atoms with E-state index in [4.69, 9.17) is 16.4 Å². The second kappa shape index (κ2) is 6.21. The Kier molecular flexibility index (Phi) is 4.38. The molecule has 1 amide bonds. The zero-order valence-electron chi connectivity index (χ0n) is 10.7. The van der Waals surface area contributed by atoms with E-state index in [0.717, 1.165) is 5.06 Å². The van der Waals surface area contributed by atoms with Gasteiger partial charge in [0.2, 0.25) is 0 Å². The van der Waals surface area contributed by atoms with E-state index in [9.17, 15) is 9.59 Å². The summed E-state index contributed by atoms with van der Waals surface area (Å²) in [5.74, 6) is -1.03. The summed E-state index contributed by atoms with van der Waals surface area (Å²) in [4.78, 5) is 28.6. The highest BCUT2D eigenvalue weighted by atomic mass is 35.5. The highest BCUT2D eigenvalue weighted by molar-refractivity contribution is 6.31. The molecule has 2 aromatic rings. The minimum absolute atomic E-state index is 0.390. The van der Waals surface area contributed by atoms with Gasteiger partial charge >= 0.3 is 5.97 Å². The van der Waals surface area contributed by atoms with Crippen LogP contribution in [0.5, 0.6) is 0 Å². The van der Waals surface area contributed by atoms with E-state index in [-0.39, 0.29) is 0 Å². The average molecular weight is 290 g/mol. The molecule has 2 aromatic carbocycles. The minimum atomic E-state index is -0.589. The molecule has 0 fully saturated rings. The van der Waals surface area contributed by atoms with Crippen LogP contribution in [0, 0.1) is 0 Å². The monoisotopic (exact) mass is 289 g/mol. The third kappa shape index (κ3) is 3.36. The molecule has 20 heavy (non-hydrogen) atoms. The predicted molar refractivity (Wildman–Crippen MR) is 76.5 cm³/mol. The molecular weight excluding hydrogens is 278 g/mol. The molecule has 0 aliphatic rings. The van der Waals surface area contributed by atoms with Gasteiger partial charge < -0.3 is 4.84 Å². The largest absolute Gasteiger partial charge is 0.333 e. The first-order valence-electron chi connectivity index (χ1n) is 5.91. The lowest BCUT2D eigenvalue weighted by Crippen LogP contribution is -2.32. The van der Waals surface area contributed by atoms with E-state index in [1.165, 1.54) is 6.92 Å². The summed E-state index contributed by atoms with van der Waals surface area (Å²) in [6.07, 6.45) is 0. The molecule has 102 valence electrons. The molecule has 0 atom stereocenters. The third-order valence-corrected chi connectivity index (χ3v) is 2.70. The van der Waals surface area contributed by atoms with Gasteiger partial charge in [-0.1, -0.05) is 35.9 Å². The lowest BCUT2D eigenvalue weighted by Gasteiger charge is -2.20. The fourth-order valence-electron chi connectivity index (χ4n) is 1.64. The summed E-state index contributed by atoms with van der Waals surface area (Å²) in [5.41, 5.74) is 0.801. The highest BCUT2D eigenvalue weighted by Crippen LogP contribution is 2.22. The van der Waals surface area contributed by atoms with Gasteiger partial charge in [-0.2, -0.15) is 0 Å². The molecule has 0 saturated carbocycles. The summed E-state index contributed by atoms with van der Waals surface area (Å²) in [5, 5.41) is 1.38. The second-order valence-corrected chi connectivity index (χ2v) is 4.46. The van der Waals surface area contributed by atoms with Crippen LogP contribution in [0.1, 0.15) is 17.3 Å². The molecule has 0 aliphatic heterocycles. The van der Waals surface area contributed by atoms with Crippen LogP contribution in [0.2, 0.25) is 5.02 Å². The summed E-state index contributed by atoms with van der Waals surface area (Å²) in [6.45, 7) is 1.23. The maximum Gasteiger partial charge on any atom is 0.330 e. The van der Waals surface area contributed by atoms with Gasteiger partial charge in [0.25, 0.3) is 5.91 Å². The van der Waals surface area contributed by atoms with Crippen molar-refractivity contribution >= 4 is 29.2 Å². The Hall–Kier alpha value is -2.33. The van der Waals surface area contributed by atoms with Gasteiger partial charge in [0.15, 0.2) is 0 Å². The lowest BCUT2D eigenvalue weighted by atomic mass is 10.2. The number of hydroxylamine groups is 1. The predicted octanol–water partition coefficient (Wildman–Crippen LogP) is 3.46. The van der Waals surface area contributed by atoms with Crippen molar-refractivity contribution in [3.63, 3.8) is 0 Å². The number of amides is 1. The number of benzene rings is 2. The summed E-state index contributed by atoms with van der Waals surface area (Å²) < 4.78 is 0. The van der Waals surface area contributed by atoms with E-state index < -0.39 is 11.9 Å². The Labute approximate surface area is 121 Å². The molecule has 4 nitrogen and oxygen atoms in total. The molecule has 0 radical (unpaired) electrons. The maximum atomic E-state index is 12.4. The molecule has 0 unspecified atom stereocenters. The standard InChI is InChI=1S/C15H12ClNO3/c1-11(18)20-17(14-9-5-8-13(16)10-14)15(19)12-6-3-2-4-7-12/h2-10H,1H3. The van der Waals surface area contributed by atoms with Crippen LogP contribution in [-0.4, -0.2) is 11.9 Å². The number of hydrogen-bond acceptors (Lipinski definition) is 3. The Balaban J connectivity index is 2.38. The van der Waals surface area contributed by atoms with Crippen LogP contribution in [-0.2, 0) is 9.63 Å². The second-order valence-electron chi connectivity index (χ2n) is 4.03. The van der Waals surface area contributed by atoms with Gasteiger partial charge in [-0.3, -0.25) is 4.79 Å². The highest BCUT2D eigenvalue weighted by Gasteiger charge is 2.21. The SMILES string of the molecule is CC(=O)ON(C(=O)c1ccccc1)c1cccc(Cl)c1. The Bertz CT molecular complexity index is 628. The molecule has 0 N–H and O–H groups in total. The lowest BCUT2D eigenvalue weighted by molar-refractivity contribution is -0.141. The van der Waals surface area contributed by atoms with E-state index in [0.29, 0.717) is 16.3 Å². The molecule has 2 rings (SSSR count). The van der Waals surface area contributed by atoms with Gasteiger partial charge in [0, 0.05) is 17.5 Å². The van der Waals surface area contributed by atoms with Gasteiger partial charge in [0.1, 0.15) is 0 Å². The van der Waals surface area contributed by atoms with Crippen molar-refractivity contribution in [2.45, 2.75) is 6.92 Å². The van der Waals surface area contributed by atoms with Crippen molar-refractivity contribution in [2.75, 3.05) is 5.06 Å². The van der Waals surface area contributed by atoms with Crippen LogP contribution >= 0.6 is 11.6 Å². The maximum absolute atomic E-state index is 12.4. The summed E-state index contributed by atoms with van der Waals surface area (Å²) in [6, 6.07) is 15.1. The number of rotatable bonds is 2. The van der Waals surface area contributed by atoms with Crippen molar-refractivity contribution in [1.82, 2.24) is 0 Å². The number of carbonyl (C=O) groups excluding carboxylic acids is 2. The van der Waals surface area contributed by atoms with Crippen molar-refractivity contribution < 1.29 is 14.4 Å². The van der Waals surface area contributed by atoms with Crippen molar-refractivity contribution in [2.24, 2.45) is 0 Å². The third-order valence-electron chi connectivity index (χ3n) is 2.47. The van der Waals surface area contributed by atoms with Crippen LogP contribution in [0.3, 0.4) is 0 Å². The number of hydrogen-bond donors (Lipinski definition) is 0. The van der Waals surface area contributed by atoms with E-state index in [2.05, 4.69) is 0 Å². The van der Waals surface area contributed by atoms with Crippen LogP contribution in [0.25, 0.3) is 0 Å². The van der Waals surface area contributed by atoms with E-state index in [1.807, 2.05) is 0 Å². The number of anilines is 1. The number of nitrogens with zero attached hydrogens (tertiary/aromatic N) is 1. The summed E-state index contributed by atoms with van der Waals surface area (Å²) in [7, 11) is 0. The topological polar surface area (TPSA) is 46.6 Å². The fourth-order valence-corrected chi connectivity index (χ4v) is 1.82. The first-order chi connectivity index (χ1) is 9.58. The molecule has 0 bridgehead atoms. The van der Waals surface area contributed by atoms with Gasteiger partial charge in [-0.05, 0) is 30.3 Å². The van der Waals surface area contributed by atoms with Crippen molar-refractivity contribution in [3.05, 3.63) is 65.2 Å². The Morgan fingerprint density at radius 2 is 1.75 bits per heavy atom. The Morgan fingerprint density at radius 3 is 2.35 bits per heavy atom. The summed E-state index contributed by atoms with van der Waals surface area (Å²) >= 11 is 5.90. The molecule has 0 saturated heterocycles. The molecule has 0 aliphatic carbocycles. The normalized spacial score (nSPS) is 9.90. The van der Waals surface area contributed by atoms with Crippen molar-refractivity contribution in [1.29, 1.82) is 0 Å². The van der Waals surface area contributed by atoms with Crippen LogP contribution < -0.4 is 5.06 Å². The average Bonchev–Trinajstić information content (AvgIpc) is 2.45. The molecular formula is C15H12ClNO3. The van der Waals surface area contributed by atoms with Gasteiger partial charge in [-0.25, -0.2) is 4.79 Å². The molecule has 0 aromatic heterocycles. The van der Waals surface area contributed by atoms with E-state index in [1.54, 1.807) is 54.6 Å². The molecule has 0 spiro atoms. The zero-order valence-corrected chi connectivity index (χ0v) is 11.5. The van der Waals surface area contributed by atoms with E-state index >= 15 is 0 Å². The first-order valence-corrected chi connectivity index (χ1v) is 6.29. The minimum Gasteiger partial charge on any atom is -0.333 e. The van der Waals surface area contributed by atoms with Gasteiger partial charge in [0.05, 0.1) is 5.69 Å². The van der Waals surface area contributed by atoms with Crippen LogP contribution in [0.15, 0.2) is 54.6 Å². The molecule has 0 heterocycles. The number of halogens is 1. The van der Waals surface area contributed by atoms with Crippen LogP contribution in [0.4, 0.5) is 5.69 Å². The van der Waals surface area contributed by atoms with Gasteiger partial charge in [-0.15, -0.1) is 5.06 Å². The number of carbonyl (C=O) groups is 2. The molecule has 5 heteroatoms.